The van der Waals surface area contributed by atoms with Gasteiger partial charge in [0.1, 0.15) is 0 Å². The Kier molecular flexibility index (Phi) is 4.12. The fraction of sp³-hybridized carbons (Fsp3) is 0.818. The molecule has 1 amide bonds. The molecule has 0 aromatic heterocycles. The van der Waals surface area contributed by atoms with E-state index in [-0.39, 0.29) is 18.4 Å². The number of hydrogen-bond acceptors (Lipinski definition) is 2. The fourth-order valence-electron chi connectivity index (χ4n) is 2.04. The molecule has 1 fully saturated rings. The van der Waals surface area contributed by atoms with E-state index in [0.717, 1.165) is 19.4 Å². The first-order chi connectivity index (χ1) is 7.00. The molecular formula is C11H19NO3. The number of nitrogens with zero attached hydrogens (tertiary/aromatic N) is 1. The van der Waals surface area contributed by atoms with Crippen molar-refractivity contribution in [3.8, 4) is 0 Å². The number of amides is 1. The van der Waals surface area contributed by atoms with Crippen molar-refractivity contribution in [1.29, 1.82) is 0 Å². The Morgan fingerprint density at radius 2 is 2.13 bits per heavy atom. The van der Waals surface area contributed by atoms with Gasteiger partial charge in [-0.25, -0.2) is 0 Å². The predicted octanol–water partition coefficient (Wildman–Crippen LogP) is 1.50. The van der Waals surface area contributed by atoms with Crippen molar-refractivity contribution in [3.05, 3.63) is 0 Å². The van der Waals surface area contributed by atoms with Gasteiger partial charge in [-0.2, -0.15) is 0 Å². The second-order valence-electron chi connectivity index (χ2n) is 4.58. The summed E-state index contributed by atoms with van der Waals surface area (Å²) in [6, 6.07) is -0.0752. The maximum atomic E-state index is 11.8. The van der Waals surface area contributed by atoms with E-state index in [4.69, 9.17) is 5.11 Å². The van der Waals surface area contributed by atoms with Crippen LogP contribution in [0.15, 0.2) is 0 Å². The molecule has 0 aliphatic carbocycles. The van der Waals surface area contributed by atoms with Gasteiger partial charge in [0.15, 0.2) is 0 Å². The summed E-state index contributed by atoms with van der Waals surface area (Å²) in [7, 11) is 0. The Morgan fingerprint density at radius 3 is 2.67 bits per heavy atom. The van der Waals surface area contributed by atoms with Gasteiger partial charge in [0, 0.05) is 19.0 Å². The number of carbonyl (C=O) groups excluding carboxylic acids is 1. The highest BCUT2D eigenvalue weighted by molar-refractivity contribution is 5.78. The lowest BCUT2D eigenvalue weighted by Gasteiger charge is -2.24. The summed E-state index contributed by atoms with van der Waals surface area (Å²) in [5.41, 5.74) is 0. The smallest absolute Gasteiger partial charge is 0.305 e. The molecule has 4 nitrogen and oxygen atoms in total. The topological polar surface area (TPSA) is 57.6 Å². The standard InChI is InChI=1S/C11H19NO3/c1-8(2)6-10(13)12-5-3-4-9(12)7-11(14)15/h8-9H,3-7H2,1-2H3,(H,14,15). The van der Waals surface area contributed by atoms with E-state index < -0.39 is 5.97 Å². The van der Waals surface area contributed by atoms with Crippen molar-refractivity contribution in [3.63, 3.8) is 0 Å². The predicted molar refractivity (Wildman–Crippen MR) is 56.4 cm³/mol. The summed E-state index contributed by atoms with van der Waals surface area (Å²) in [6.07, 6.45) is 2.37. The molecule has 4 heteroatoms. The Labute approximate surface area is 90.3 Å². The van der Waals surface area contributed by atoms with Crippen LogP contribution in [0, 0.1) is 5.92 Å². The molecule has 1 aliphatic heterocycles. The number of carbonyl (C=O) groups is 2. The van der Waals surface area contributed by atoms with Crippen LogP contribution in [-0.4, -0.2) is 34.5 Å². The van der Waals surface area contributed by atoms with Gasteiger partial charge < -0.3 is 10.0 Å². The van der Waals surface area contributed by atoms with E-state index in [1.807, 2.05) is 13.8 Å². The SMILES string of the molecule is CC(C)CC(=O)N1CCCC1CC(=O)O. The number of carboxylic acids is 1. The third kappa shape index (κ3) is 3.53. The summed E-state index contributed by atoms with van der Waals surface area (Å²) in [6.45, 7) is 4.73. The molecule has 0 saturated carbocycles. The third-order valence-electron chi connectivity index (χ3n) is 2.69. The van der Waals surface area contributed by atoms with Crippen LogP contribution in [0.4, 0.5) is 0 Å². The first-order valence-corrected chi connectivity index (χ1v) is 5.52. The van der Waals surface area contributed by atoms with Gasteiger partial charge in [0.05, 0.1) is 6.42 Å². The lowest BCUT2D eigenvalue weighted by atomic mass is 10.1. The van der Waals surface area contributed by atoms with Crippen LogP contribution >= 0.6 is 0 Å². The summed E-state index contributed by atoms with van der Waals surface area (Å²) in [4.78, 5) is 24.1. The molecular weight excluding hydrogens is 194 g/mol. The van der Waals surface area contributed by atoms with Crippen LogP contribution in [-0.2, 0) is 9.59 Å². The summed E-state index contributed by atoms with van der Waals surface area (Å²) in [5.74, 6) is -0.374. The molecule has 15 heavy (non-hydrogen) atoms. The van der Waals surface area contributed by atoms with Gasteiger partial charge in [-0.3, -0.25) is 9.59 Å². The molecule has 0 radical (unpaired) electrons. The zero-order valence-corrected chi connectivity index (χ0v) is 9.40. The second-order valence-corrected chi connectivity index (χ2v) is 4.58. The summed E-state index contributed by atoms with van der Waals surface area (Å²) >= 11 is 0. The van der Waals surface area contributed by atoms with Gasteiger partial charge in [-0.1, -0.05) is 13.8 Å². The van der Waals surface area contributed by atoms with Crippen molar-refractivity contribution < 1.29 is 14.7 Å². The minimum atomic E-state index is -0.816. The highest BCUT2D eigenvalue weighted by Gasteiger charge is 2.30. The molecule has 1 rings (SSSR count). The van der Waals surface area contributed by atoms with Gasteiger partial charge >= 0.3 is 5.97 Å². The minimum absolute atomic E-state index is 0.0752. The van der Waals surface area contributed by atoms with Gasteiger partial charge in [0.2, 0.25) is 5.91 Å². The molecule has 1 N–H and O–H groups in total. The van der Waals surface area contributed by atoms with E-state index >= 15 is 0 Å². The second kappa shape index (κ2) is 5.14. The maximum absolute atomic E-state index is 11.8. The minimum Gasteiger partial charge on any atom is -0.481 e. The molecule has 1 unspecified atom stereocenters. The molecule has 86 valence electrons. The number of hydrogen-bond donors (Lipinski definition) is 1. The monoisotopic (exact) mass is 213 g/mol. The van der Waals surface area contributed by atoms with E-state index in [2.05, 4.69) is 0 Å². The Hall–Kier alpha value is -1.06. The summed E-state index contributed by atoms with van der Waals surface area (Å²) in [5, 5.41) is 8.72. The molecule has 0 aromatic rings. The lowest BCUT2D eigenvalue weighted by molar-refractivity contribution is -0.140. The molecule has 0 spiro atoms. The number of aliphatic carboxylic acids is 1. The Balaban J connectivity index is 2.52. The quantitative estimate of drug-likeness (QED) is 0.769. The average Bonchev–Trinajstić information content (AvgIpc) is 2.49. The maximum Gasteiger partial charge on any atom is 0.305 e. The van der Waals surface area contributed by atoms with Crippen molar-refractivity contribution in [1.82, 2.24) is 4.90 Å². The largest absolute Gasteiger partial charge is 0.481 e. The fourth-order valence-corrected chi connectivity index (χ4v) is 2.04. The normalized spacial score (nSPS) is 21.0. The highest BCUT2D eigenvalue weighted by Crippen LogP contribution is 2.21. The van der Waals surface area contributed by atoms with Crippen molar-refractivity contribution >= 4 is 11.9 Å². The van der Waals surface area contributed by atoms with Gasteiger partial charge in [-0.05, 0) is 18.8 Å². The van der Waals surface area contributed by atoms with Crippen LogP contribution in [0.3, 0.4) is 0 Å². The zero-order valence-electron chi connectivity index (χ0n) is 9.40. The Bertz CT molecular complexity index is 250. The van der Waals surface area contributed by atoms with Crippen molar-refractivity contribution in [2.45, 2.75) is 45.6 Å². The van der Waals surface area contributed by atoms with E-state index in [1.54, 1.807) is 4.90 Å². The summed E-state index contributed by atoms with van der Waals surface area (Å²) < 4.78 is 0. The van der Waals surface area contributed by atoms with E-state index in [9.17, 15) is 9.59 Å². The van der Waals surface area contributed by atoms with Crippen LogP contribution in [0.5, 0.6) is 0 Å². The average molecular weight is 213 g/mol. The Morgan fingerprint density at radius 1 is 1.47 bits per heavy atom. The number of carboxylic acid groups (broad SMARTS) is 1. The lowest BCUT2D eigenvalue weighted by Crippen LogP contribution is -2.37. The van der Waals surface area contributed by atoms with Crippen molar-refractivity contribution in [2.24, 2.45) is 5.92 Å². The molecule has 1 atom stereocenters. The van der Waals surface area contributed by atoms with E-state index in [1.165, 1.54) is 0 Å². The van der Waals surface area contributed by atoms with Gasteiger partial charge in [0.25, 0.3) is 0 Å². The first-order valence-electron chi connectivity index (χ1n) is 5.52. The van der Waals surface area contributed by atoms with E-state index in [0.29, 0.717) is 12.3 Å². The van der Waals surface area contributed by atoms with Crippen LogP contribution < -0.4 is 0 Å². The molecule has 0 bridgehead atoms. The van der Waals surface area contributed by atoms with Crippen molar-refractivity contribution in [2.75, 3.05) is 6.54 Å². The highest BCUT2D eigenvalue weighted by atomic mass is 16.4. The zero-order chi connectivity index (χ0) is 11.4. The molecule has 1 aliphatic rings. The molecule has 0 aromatic carbocycles. The van der Waals surface area contributed by atoms with Gasteiger partial charge in [-0.15, -0.1) is 0 Å². The first kappa shape index (κ1) is 12.0. The molecule has 1 saturated heterocycles. The molecule has 1 heterocycles. The number of likely N-dealkylation sites (tertiary alicyclic amines) is 1. The number of rotatable bonds is 4. The van der Waals surface area contributed by atoms with Crippen LogP contribution in [0.2, 0.25) is 0 Å². The van der Waals surface area contributed by atoms with Crippen LogP contribution in [0.1, 0.15) is 39.5 Å². The van der Waals surface area contributed by atoms with Crippen LogP contribution in [0.25, 0.3) is 0 Å². The third-order valence-corrected chi connectivity index (χ3v) is 2.69.